The van der Waals surface area contributed by atoms with E-state index in [1.165, 1.54) is 6.26 Å². The summed E-state index contributed by atoms with van der Waals surface area (Å²) in [5.41, 5.74) is 0. The molecule has 94 valence electrons. The van der Waals surface area contributed by atoms with Gasteiger partial charge >= 0.3 is 0 Å². The van der Waals surface area contributed by atoms with E-state index >= 15 is 0 Å². The first kappa shape index (κ1) is 12.3. The van der Waals surface area contributed by atoms with Crippen LogP contribution in [-0.4, -0.2) is 44.0 Å². The number of Topliss-reactive ketones (excluding diaryl/α,β-unsaturated/α-hetero) is 1. The lowest BCUT2D eigenvalue weighted by molar-refractivity contribution is 0.0789. The predicted molar refractivity (Wildman–Crippen MR) is 64.1 cm³/mol. The molecule has 0 N–H and O–H groups in total. The molecule has 0 unspecified atom stereocenters. The van der Waals surface area contributed by atoms with Crippen molar-refractivity contribution >= 4 is 5.78 Å². The van der Waals surface area contributed by atoms with Gasteiger partial charge in [0.25, 0.3) is 0 Å². The third-order valence-corrected chi connectivity index (χ3v) is 3.27. The standard InChI is InChI=1S/C13H19NO3/c1-16-10-11-4-6-14(7-5-11)9-12(15)13-3-2-8-17-13/h2-3,8,11H,4-7,9-10H2,1H3. The van der Waals surface area contributed by atoms with E-state index < -0.39 is 0 Å². The maximum atomic E-state index is 11.8. The minimum absolute atomic E-state index is 0.0696. The lowest BCUT2D eigenvalue weighted by atomic mass is 9.97. The van der Waals surface area contributed by atoms with Crippen molar-refractivity contribution in [2.45, 2.75) is 12.8 Å². The molecule has 4 nitrogen and oxygen atoms in total. The molecular formula is C13H19NO3. The molecule has 0 radical (unpaired) electrons. The number of methoxy groups -OCH3 is 1. The van der Waals surface area contributed by atoms with Gasteiger partial charge in [-0.1, -0.05) is 0 Å². The van der Waals surface area contributed by atoms with E-state index in [0.29, 0.717) is 18.2 Å². The van der Waals surface area contributed by atoms with Crippen LogP contribution in [0.5, 0.6) is 0 Å². The summed E-state index contributed by atoms with van der Waals surface area (Å²) < 4.78 is 10.3. The van der Waals surface area contributed by atoms with Crippen molar-refractivity contribution in [2.75, 3.05) is 33.4 Å². The lowest BCUT2D eigenvalue weighted by Crippen LogP contribution is -2.38. The zero-order valence-electron chi connectivity index (χ0n) is 10.2. The van der Waals surface area contributed by atoms with Crippen molar-refractivity contribution in [1.82, 2.24) is 4.90 Å². The highest BCUT2D eigenvalue weighted by Crippen LogP contribution is 2.17. The number of nitrogens with zero attached hydrogens (tertiary/aromatic N) is 1. The molecule has 0 aliphatic carbocycles. The fourth-order valence-corrected chi connectivity index (χ4v) is 2.27. The van der Waals surface area contributed by atoms with Crippen molar-refractivity contribution in [3.63, 3.8) is 0 Å². The highest BCUT2D eigenvalue weighted by Gasteiger charge is 2.21. The summed E-state index contributed by atoms with van der Waals surface area (Å²) in [4.78, 5) is 14.0. The number of piperidine rings is 1. The van der Waals surface area contributed by atoms with Gasteiger partial charge < -0.3 is 9.15 Å². The second-order valence-electron chi connectivity index (χ2n) is 4.58. The monoisotopic (exact) mass is 237 g/mol. The Labute approximate surface area is 102 Å². The Balaban J connectivity index is 1.76. The summed E-state index contributed by atoms with van der Waals surface area (Å²) in [5.74, 6) is 1.18. The van der Waals surface area contributed by atoms with E-state index in [-0.39, 0.29) is 5.78 Å². The predicted octanol–water partition coefficient (Wildman–Crippen LogP) is 1.82. The van der Waals surface area contributed by atoms with Crippen LogP contribution < -0.4 is 0 Å². The maximum absolute atomic E-state index is 11.8. The Morgan fingerprint density at radius 3 is 2.88 bits per heavy atom. The van der Waals surface area contributed by atoms with Crippen LogP contribution in [0, 0.1) is 5.92 Å². The van der Waals surface area contributed by atoms with Crippen LogP contribution in [0.25, 0.3) is 0 Å². The first-order valence-corrected chi connectivity index (χ1v) is 6.07. The average Bonchev–Trinajstić information content (AvgIpc) is 2.86. The van der Waals surface area contributed by atoms with E-state index in [1.54, 1.807) is 19.2 Å². The number of carbonyl (C=O) groups excluding carboxylic acids is 1. The van der Waals surface area contributed by atoms with E-state index in [1.807, 2.05) is 0 Å². The second-order valence-corrected chi connectivity index (χ2v) is 4.58. The van der Waals surface area contributed by atoms with Gasteiger partial charge in [-0.3, -0.25) is 9.69 Å². The molecule has 0 aromatic carbocycles. The van der Waals surface area contributed by atoms with E-state index in [2.05, 4.69) is 4.90 Å². The van der Waals surface area contributed by atoms with Crippen LogP contribution in [0.1, 0.15) is 23.4 Å². The molecule has 1 saturated heterocycles. The Morgan fingerprint density at radius 1 is 1.53 bits per heavy atom. The fraction of sp³-hybridized carbons (Fsp3) is 0.615. The lowest BCUT2D eigenvalue weighted by Gasteiger charge is -2.30. The molecule has 1 aromatic rings. The van der Waals surface area contributed by atoms with Gasteiger partial charge in [-0.15, -0.1) is 0 Å². The van der Waals surface area contributed by atoms with Crippen LogP contribution in [0.2, 0.25) is 0 Å². The molecule has 0 amide bonds. The van der Waals surface area contributed by atoms with Gasteiger partial charge in [-0.05, 0) is 44.0 Å². The van der Waals surface area contributed by atoms with Crippen molar-refractivity contribution in [2.24, 2.45) is 5.92 Å². The summed E-state index contributed by atoms with van der Waals surface area (Å²) in [6.45, 7) is 3.24. The van der Waals surface area contributed by atoms with E-state index in [0.717, 1.165) is 32.5 Å². The molecule has 1 aromatic heterocycles. The summed E-state index contributed by atoms with van der Waals surface area (Å²) in [6, 6.07) is 3.47. The zero-order valence-corrected chi connectivity index (χ0v) is 10.2. The molecule has 4 heteroatoms. The van der Waals surface area contributed by atoms with Gasteiger partial charge in [-0.2, -0.15) is 0 Å². The summed E-state index contributed by atoms with van der Waals surface area (Å²) in [5, 5.41) is 0. The molecule has 0 bridgehead atoms. The minimum atomic E-state index is 0.0696. The zero-order chi connectivity index (χ0) is 12.1. The van der Waals surface area contributed by atoms with Gasteiger partial charge in [0.05, 0.1) is 12.8 Å². The Kier molecular flexibility index (Phi) is 4.34. The molecule has 1 aliphatic rings. The molecule has 2 heterocycles. The van der Waals surface area contributed by atoms with Crippen LogP contribution in [0.4, 0.5) is 0 Å². The van der Waals surface area contributed by atoms with Crippen LogP contribution in [-0.2, 0) is 4.74 Å². The third kappa shape index (κ3) is 3.41. The molecule has 17 heavy (non-hydrogen) atoms. The van der Waals surface area contributed by atoms with Gasteiger partial charge in [0.15, 0.2) is 5.76 Å². The quantitative estimate of drug-likeness (QED) is 0.733. The Bertz CT molecular complexity index is 340. The highest BCUT2D eigenvalue weighted by molar-refractivity contribution is 5.94. The molecule has 1 aliphatic heterocycles. The first-order valence-electron chi connectivity index (χ1n) is 6.07. The average molecular weight is 237 g/mol. The number of likely N-dealkylation sites (tertiary alicyclic amines) is 1. The van der Waals surface area contributed by atoms with Gasteiger partial charge in [0.1, 0.15) is 0 Å². The van der Waals surface area contributed by atoms with Crippen LogP contribution in [0.15, 0.2) is 22.8 Å². The number of hydrogen-bond acceptors (Lipinski definition) is 4. The molecule has 2 rings (SSSR count). The smallest absolute Gasteiger partial charge is 0.211 e. The van der Waals surface area contributed by atoms with Crippen molar-refractivity contribution in [1.29, 1.82) is 0 Å². The molecule has 0 atom stereocenters. The third-order valence-electron chi connectivity index (χ3n) is 3.27. The number of rotatable bonds is 5. The first-order chi connectivity index (χ1) is 8.29. The molecule has 1 fully saturated rings. The van der Waals surface area contributed by atoms with Gasteiger partial charge in [0, 0.05) is 13.7 Å². The van der Waals surface area contributed by atoms with Crippen molar-refractivity contribution in [3.05, 3.63) is 24.2 Å². The minimum Gasteiger partial charge on any atom is -0.461 e. The van der Waals surface area contributed by atoms with Crippen molar-refractivity contribution in [3.8, 4) is 0 Å². The topological polar surface area (TPSA) is 42.7 Å². The summed E-state index contributed by atoms with van der Waals surface area (Å²) in [6.07, 6.45) is 3.76. The Morgan fingerprint density at radius 2 is 2.29 bits per heavy atom. The normalized spacial score (nSPS) is 18.4. The number of ether oxygens (including phenoxy) is 1. The maximum Gasteiger partial charge on any atom is 0.211 e. The number of ketones is 1. The molecule has 0 saturated carbocycles. The molecule has 0 spiro atoms. The molecular weight excluding hydrogens is 218 g/mol. The van der Waals surface area contributed by atoms with E-state index in [9.17, 15) is 4.79 Å². The number of hydrogen-bond donors (Lipinski definition) is 0. The van der Waals surface area contributed by atoms with Crippen LogP contribution >= 0.6 is 0 Å². The second kappa shape index (κ2) is 5.98. The fourth-order valence-electron chi connectivity index (χ4n) is 2.27. The van der Waals surface area contributed by atoms with Gasteiger partial charge in [-0.25, -0.2) is 0 Å². The van der Waals surface area contributed by atoms with Crippen LogP contribution in [0.3, 0.4) is 0 Å². The van der Waals surface area contributed by atoms with E-state index in [4.69, 9.17) is 9.15 Å². The Hall–Kier alpha value is -1.13. The SMILES string of the molecule is COCC1CCN(CC(=O)c2ccco2)CC1. The summed E-state index contributed by atoms with van der Waals surface area (Å²) in [7, 11) is 1.74. The van der Waals surface area contributed by atoms with Gasteiger partial charge in [0.2, 0.25) is 5.78 Å². The number of furan rings is 1. The van der Waals surface area contributed by atoms with Crippen molar-refractivity contribution < 1.29 is 13.9 Å². The summed E-state index contributed by atoms with van der Waals surface area (Å²) >= 11 is 0. The highest BCUT2D eigenvalue weighted by atomic mass is 16.5. The largest absolute Gasteiger partial charge is 0.461 e. The number of carbonyl (C=O) groups is 1.